The minimum Gasteiger partial charge on any atom is -0.469 e. The molecule has 0 radical (unpaired) electrons. The average molecular weight is 537 g/mol. The molecule has 1 atom stereocenters. The van der Waals surface area contributed by atoms with E-state index in [0.29, 0.717) is 0 Å². The van der Waals surface area contributed by atoms with E-state index >= 15 is 4.39 Å². The van der Waals surface area contributed by atoms with E-state index in [-0.39, 0.29) is 34.1 Å². The van der Waals surface area contributed by atoms with Gasteiger partial charge in [0.1, 0.15) is 11.6 Å². The number of carbonyl (C=O) groups is 4. The Kier molecular flexibility index (Phi) is 9.31. The van der Waals surface area contributed by atoms with E-state index in [1.54, 1.807) is 51.1 Å². The third-order valence-corrected chi connectivity index (χ3v) is 5.15. The summed E-state index contributed by atoms with van der Waals surface area (Å²) < 4.78 is 25.3. The molecule has 0 heterocycles. The molecular weight excluding hydrogens is 511 g/mol. The Morgan fingerprint density at radius 1 is 1.06 bits per heavy atom. The molecule has 2 aromatic rings. The summed E-state index contributed by atoms with van der Waals surface area (Å²) in [5, 5.41) is 4.77. The number of amides is 2. The molecule has 0 aliphatic carbocycles. The lowest BCUT2D eigenvalue weighted by molar-refractivity contribution is -0.140. The van der Waals surface area contributed by atoms with Crippen molar-refractivity contribution in [1.82, 2.24) is 5.32 Å². The molecule has 2 amide bonds. The van der Waals surface area contributed by atoms with Crippen LogP contribution >= 0.6 is 15.9 Å². The molecule has 0 fully saturated rings. The van der Waals surface area contributed by atoms with Crippen molar-refractivity contribution in [3.63, 3.8) is 0 Å². The summed E-state index contributed by atoms with van der Waals surface area (Å²) in [6.45, 7) is 4.95. The number of alkyl carbamates (subject to hydrolysis) is 1. The number of ketones is 1. The predicted octanol–water partition coefficient (Wildman–Crippen LogP) is 4.60. The van der Waals surface area contributed by atoms with Gasteiger partial charge in [-0.15, -0.1) is 0 Å². The molecule has 0 aromatic heterocycles. The molecule has 34 heavy (non-hydrogen) atoms. The van der Waals surface area contributed by atoms with E-state index < -0.39 is 41.2 Å². The van der Waals surface area contributed by atoms with E-state index in [2.05, 4.69) is 31.3 Å². The van der Waals surface area contributed by atoms with Crippen LogP contribution < -0.4 is 10.6 Å². The van der Waals surface area contributed by atoms with Crippen molar-refractivity contribution in [2.45, 2.75) is 45.3 Å². The Balaban J connectivity index is 2.28. The van der Waals surface area contributed by atoms with Crippen LogP contribution in [0.1, 0.15) is 49.5 Å². The minimum absolute atomic E-state index is 0.119. The maximum absolute atomic E-state index is 15.3. The van der Waals surface area contributed by atoms with Crippen LogP contribution in [-0.2, 0) is 19.1 Å². The molecule has 0 saturated heterocycles. The molecule has 0 aliphatic heterocycles. The lowest BCUT2D eigenvalue weighted by Crippen LogP contribution is -2.46. The average Bonchev–Trinajstić information content (AvgIpc) is 2.77. The number of nitrogens with one attached hydrogen (secondary N) is 2. The van der Waals surface area contributed by atoms with Crippen molar-refractivity contribution < 1.29 is 33.0 Å². The second-order valence-electron chi connectivity index (χ2n) is 8.28. The summed E-state index contributed by atoms with van der Waals surface area (Å²) in [7, 11) is 1.20. The lowest BCUT2D eigenvalue weighted by Gasteiger charge is -2.23. The fourth-order valence-corrected chi connectivity index (χ4v) is 3.38. The van der Waals surface area contributed by atoms with E-state index in [1.165, 1.54) is 19.2 Å². The minimum atomic E-state index is -1.23. The normalized spacial score (nSPS) is 11.8. The zero-order chi connectivity index (χ0) is 25.5. The SMILES string of the molecule is COC(=O)CCC(NC(=O)OC(C)(C)C)C(=O)Nc1ccc(Br)c(C(=O)c2ccccc2)c1F. The quantitative estimate of drug-likeness (QED) is 0.376. The summed E-state index contributed by atoms with van der Waals surface area (Å²) in [5.74, 6) is -2.90. The molecule has 2 rings (SSSR count). The number of rotatable bonds is 8. The summed E-state index contributed by atoms with van der Waals surface area (Å²) >= 11 is 3.19. The van der Waals surface area contributed by atoms with Crippen molar-refractivity contribution >= 4 is 45.4 Å². The number of methoxy groups -OCH3 is 1. The Morgan fingerprint density at radius 2 is 1.71 bits per heavy atom. The number of carbonyl (C=O) groups excluding carboxylic acids is 4. The number of anilines is 1. The van der Waals surface area contributed by atoms with Crippen molar-refractivity contribution in [2.75, 3.05) is 12.4 Å². The molecule has 1 unspecified atom stereocenters. The van der Waals surface area contributed by atoms with Crippen molar-refractivity contribution in [2.24, 2.45) is 0 Å². The van der Waals surface area contributed by atoms with Gasteiger partial charge in [-0.05, 0) is 55.3 Å². The second kappa shape index (κ2) is 11.7. The first kappa shape index (κ1) is 27.0. The number of benzene rings is 2. The largest absolute Gasteiger partial charge is 0.469 e. The predicted molar refractivity (Wildman–Crippen MR) is 127 cm³/mol. The van der Waals surface area contributed by atoms with Gasteiger partial charge in [-0.2, -0.15) is 0 Å². The molecule has 0 aliphatic rings. The summed E-state index contributed by atoms with van der Waals surface area (Å²) in [4.78, 5) is 49.5. The van der Waals surface area contributed by atoms with Gasteiger partial charge >= 0.3 is 12.1 Å². The molecule has 2 N–H and O–H groups in total. The first-order chi connectivity index (χ1) is 15.9. The van der Waals surface area contributed by atoms with Gasteiger partial charge in [-0.3, -0.25) is 14.4 Å². The zero-order valence-corrected chi connectivity index (χ0v) is 20.8. The highest BCUT2D eigenvalue weighted by atomic mass is 79.9. The van der Waals surface area contributed by atoms with Gasteiger partial charge in [0, 0.05) is 16.5 Å². The molecule has 10 heteroatoms. The first-order valence-corrected chi connectivity index (χ1v) is 11.2. The molecule has 8 nitrogen and oxygen atoms in total. The van der Waals surface area contributed by atoms with Gasteiger partial charge in [0.05, 0.1) is 18.4 Å². The van der Waals surface area contributed by atoms with E-state index in [0.717, 1.165) is 0 Å². The van der Waals surface area contributed by atoms with Crippen LogP contribution in [0.2, 0.25) is 0 Å². The highest BCUT2D eigenvalue weighted by Crippen LogP contribution is 2.28. The molecule has 182 valence electrons. The van der Waals surface area contributed by atoms with Gasteiger partial charge in [-0.1, -0.05) is 30.3 Å². The monoisotopic (exact) mass is 536 g/mol. The lowest BCUT2D eigenvalue weighted by atomic mass is 10.0. The third kappa shape index (κ3) is 7.65. The summed E-state index contributed by atoms with van der Waals surface area (Å²) in [6.07, 6.45) is -1.18. The topological polar surface area (TPSA) is 111 Å². The van der Waals surface area contributed by atoms with Crippen LogP contribution in [0.5, 0.6) is 0 Å². The molecule has 0 saturated carbocycles. The maximum Gasteiger partial charge on any atom is 0.408 e. The van der Waals surface area contributed by atoms with Crippen molar-refractivity contribution in [3.8, 4) is 0 Å². The summed E-state index contributed by atoms with van der Waals surface area (Å²) in [5.41, 5.74) is -1.07. The highest BCUT2D eigenvalue weighted by molar-refractivity contribution is 9.10. The maximum atomic E-state index is 15.3. The number of ether oxygens (including phenoxy) is 2. The van der Waals surface area contributed by atoms with Crippen LogP contribution in [0.15, 0.2) is 46.9 Å². The fourth-order valence-electron chi connectivity index (χ4n) is 2.89. The van der Waals surface area contributed by atoms with Crippen molar-refractivity contribution in [1.29, 1.82) is 0 Å². The van der Waals surface area contributed by atoms with Gasteiger partial charge < -0.3 is 20.1 Å². The van der Waals surface area contributed by atoms with Crippen LogP contribution in [0.3, 0.4) is 0 Å². The molecule has 0 spiro atoms. The van der Waals surface area contributed by atoms with E-state index in [1.807, 2.05) is 0 Å². The Morgan fingerprint density at radius 3 is 2.29 bits per heavy atom. The molecule has 0 bridgehead atoms. The number of hydrogen-bond acceptors (Lipinski definition) is 6. The van der Waals surface area contributed by atoms with E-state index in [9.17, 15) is 19.2 Å². The first-order valence-electron chi connectivity index (χ1n) is 10.4. The standard InChI is InChI=1S/C24H26BrFN2O6/c1-24(2,3)34-23(32)28-17(12-13-18(29)33-4)22(31)27-16-11-10-15(25)19(20(16)26)21(30)14-8-6-5-7-9-14/h5-11,17H,12-13H2,1-4H3,(H,27,31)(H,28,32). The van der Waals surface area contributed by atoms with Crippen LogP contribution in [0, 0.1) is 5.82 Å². The number of esters is 1. The summed E-state index contributed by atoms with van der Waals surface area (Å²) in [6, 6.07) is 9.61. The second-order valence-corrected chi connectivity index (χ2v) is 9.14. The van der Waals surface area contributed by atoms with Crippen LogP contribution in [0.4, 0.5) is 14.9 Å². The Bertz CT molecular complexity index is 1070. The zero-order valence-electron chi connectivity index (χ0n) is 19.2. The highest BCUT2D eigenvalue weighted by Gasteiger charge is 2.27. The Labute approximate surface area is 205 Å². The number of hydrogen-bond donors (Lipinski definition) is 2. The molecular formula is C24H26BrFN2O6. The molecule has 2 aromatic carbocycles. The van der Waals surface area contributed by atoms with Gasteiger partial charge in [-0.25, -0.2) is 9.18 Å². The number of halogens is 2. The van der Waals surface area contributed by atoms with Crippen molar-refractivity contribution in [3.05, 3.63) is 63.9 Å². The third-order valence-electron chi connectivity index (χ3n) is 4.48. The van der Waals surface area contributed by atoms with Gasteiger partial charge in [0.15, 0.2) is 11.6 Å². The Hall–Kier alpha value is -3.27. The smallest absolute Gasteiger partial charge is 0.408 e. The van der Waals surface area contributed by atoms with E-state index in [4.69, 9.17) is 4.74 Å². The van der Waals surface area contributed by atoms with Gasteiger partial charge in [0.25, 0.3) is 0 Å². The van der Waals surface area contributed by atoms with Gasteiger partial charge in [0.2, 0.25) is 5.91 Å². The van der Waals surface area contributed by atoms with Crippen LogP contribution in [-0.4, -0.2) is 42.5 Å². The fraction of sp³-hybridized carbons (Fsp3) is 0.333. The van der Waals surface area contributed by atoms with Crippen LogP contribution in [0.25, 0.3) is 0 Å².